The van der Waals surface area contributed by atoms with Gasteiger partial charge >= 0.3 is 11.8 Å². The first-order valence-electron chi connectivity index (χ1n) is 6.51. The van der Waals surface area contributed by atoms with Crippen LogP contribution in [-0.4, -0.2) is 18.4 Å². The molecular weight excluding hydrogens is 218 g/mol. The third kappa shape index (κ3) is 9.81. The fraction of sp³-hybridized carbons (Fsp3) is 0.833. The van der Waals surface area contributed by atoms with Crippen LogP contribution in [0.1, 0.15) is 58.3 Å². The Morgan fingerprint density at radius 3 is 1.94 bits per heavy atom. The van der Waals surface area contributed by atoms with E-state index in [4.69, 9.17) is 5.84 Å². The smallest absolute Gasteiger partial charge is 0.323 e. The molecule has 0 aromatic carbocycles. The minimum absolute atomic E-state index is 0.543. The van der Waals surface area contributed by atoms with Crippen LogP contribution >= 0.6 is 0 Å². The second kappa shape index (κ2) is 11.4. The Labute approximate surface area is 103 Å². The third-order valence-electron chi connectivity index (χ3n) is 2.65. The molecule has 17 heavy (non-hydrogen) atoms. The Hall–Kier alpha value is -1.10. The molecular formula is C12H25N3O2. The van der Waals surface area contributed by atoms with Crippen molar-refractivity contribution in [2.75, 3.05) is 6.54 Å². The van der Waals surface area contributed by atoms with E-state index < -0.39 is 11.8 Å². The fourth-order valence-corrected chi connectivity index (χ4v) is 1.61. The van der Waals surface area contributed by atoms with Crippen molar-refractivity contribution in [1.29, 1.82) is 0 Å². The molecule has 0 radical (unpaired) electrons. The number of unbranched alkanes of at least 4 members (excludes halogenated alkanes) is 7. The molecule has 0 aliphatic heterocycles. The quantitative estimate of drug-likeness (QED) is 0.187. The standard InChI is InChI=1S/C12H25N3O2/c1-2-3-4-5-6-7-8-9-10-14-11(16)12(17)15-13/h2-10,13H2,1H3,(H,14,16)(H,15,17). The highest BCUT2D eigenvalue weighted by Crippen LogP contribution is 2.07. The topological polar surface area (TPSA) is 84.2 Å². The van der Waals surface area contributed by atoms with Crippen molar-refractivity contribution in [2.24, 2.45) is 5.84 Å². The first-order chi connectivity index (χ1) is 8.22. The number of amides is 2. The summed E-state index contributed by atoms with van der Waals surface area (Å²) in [5.74, 6) is 3.38. The van der Waals surface area contributed by atoms with Crippen molar-refractivity contribution in [1.82, 2.24) is 10.7 Å². The fourth-order valence-electron chi connectivity index (χ4n) is 1.61. The number of hydrazine groups is 1. The van der Waals surface area contributed by atoms with Gasteiger partial charge in [0.15, 0.2) is 0 Å². The van der Waals surface area contributed by atoms with Gasteiger partial charge in [0, 0.05) is 6.54 Å². The number of hydrogen-bond donors (Lipinski definition) is 3. The molecule has 0 aliphatic rings. The van der Waals surface area contributed by atoms with Gasteiger partial charge in [-0.2, -0.15) is 0 Å². The molecule has 0 unspecified atom stereocenters. The van der Waals surface area contributed by atoms with Gasteiger partial charge in [0.1, 0.15) is 0 Å². The van der Waals surface area contributed by atoms with Crippen molar-refractivity contribution < 1.29 is 9.59 Å². The van der Waals surface area contributed by atoms with Crippen molar-refractivity contribution in [3.05, 3.63) is 0 Å². The van der Waals surface area contributed by atoms with Gasteiger partial charge in [0.25, 0.3) is 0 Å². The molecule has 0 aliphatic carbocycles. The highest BCUT2D eigenvalue weighted by atomic mass is 16.2. The minimum Gasteiger partial charge on any atom is -0.348 e. The average molecular weight is 243 g/mol. The molecule has 0 saturated carbocycles. The molecule has 0 rings (SSSR count). The molecule has 0 aromatic heterocycles. The molecule has 0 aromatic rings. The first-order valence-corrected chi connectivity index (χ1v) is 6.51. The molecule has 5 nitrogen and oxygen atoms in total. The summed E-state index contributed by atoms with van der Waals surface area (Å²) in [6, 6.07) is 0. The van der Waals surface area contributed by atoms with E-state index in [-0.39, 0.29) is 0 Å². The Bertz CT molecular complexity index is 220. The van der Waals surface area contributed by atoms with Crippen molar-refractivity contribution >= 4 is 11.8 Å². The second-order valence-corrected chi connectivity index (χ2v) is 4.20. The van der Waals surface area contributed by atoms with Gasteiger partial charge in [-0.1, -0.05) is 51.9 Å². The Kier molecular flexibility index (Phi) is 10.7. The van der Waals surface area contributed by atoms with E-state index in [2.05, 4.69) is 12.2 Å². The van der Waals surface area contributed by atoms with Crippen molar-refractivity contribution in [3.63, 3.8) is 0 Å². The molecule has 100 valence electrons. The summed E-state index contributed by atoms with van der Waals surface area (Å²) in [6.07, 6.45) is 9.69. The van der Waals surface area contributed by atoms with Crippen LogP contribution < -0.4 is 16.6 Å². The van der Waals surface area contributed by atoms with E-state index in [1.54, 1.807) is 5.43 Å². The van der Waals surface area contributed by atoms with E-state index in [0.717, 1.165) is 12.8 Å². The Balaban J connectivity index is 3.18. The molecule has 0 bridgehead atoms. The van der Waals surface area contributed by atoms with Crippen molar-refractivity contribution in [2.45, 2.75) is 58.3 Å². The molecule has 4 N–H and O–H groups in total. The molecule has 5 heteroatoms. The van der Waals surface area contributed by atoms with Crippen LogP contribution in [0.4, 0.5) is 0 Å². The number of rotatable bonds is 9. The summed E-state index contributed by atoms with van der Waals surface area (Å²) in [7, 11) is 0. The molecule has 0 saturated heterocycles. The minimum atomic E-state index is -0.787. The van der Waals surface area contributed by atoms with Crippen LogP contribution in [0.5, 0.6) is 0 Å². The lowest BCUT2D eigenvalue weighted by molar-refractivity contribution is -0.139. The lowest BCUT2D eigenvalue weighted by Crippen LogP contribution is -2.43. The van der Waals surface area contributed by atoms with Crippen LogP contribution in [0.25, 0.3) is 0 Å². The zero-order valence-electron chi connectivity index (χ0n) is 10.8. The Morgan fingerprint density at radius 1 is 0.882 bits per heavy atom. The van der Waals surface area contributed by atoms with E-state index in [1.165, 1.54) is 38.5 Å². The van der Waals surface area contributed by atoms with Gasteiger partial charge in [0.2, 0.25) is 0 Å². The van der Waals surface area contributed by atoms with Crippen LogP contribution in [0.15, 0.2) is 0 Å². The van der Waals surface area contributed by atoms with E-state index in [1.807, 2.05) is 0 Å². The molecule has 2 amide bonds. The summed E-state index contributed by atoms with van der Waals surface area (Å²) in [5, 5.41) is 2.51. The summed E-state index contributed by atoms with van der Waals surface area (Å²) in [4.78, 5) is 21.7. The monoisotopic (exact) mass is 243 g/mol. The van der Waals surface area contributed by atoms with E-state index >= 15 is 0 Å². The molecule has 0 fully saturated rings. The number of carbonyl (C=O) groups excluding carboxylic acids is 2. The zero-order chi connectivity index (χ0) is 12.9. The molecule has 0 atom stereocenters. The van der Waals surface area contributed by atoms with E-state index in [0.29, 0.717) is 6.54 Å². The number of hydrogen-bond acceptors (Lipinski definition) is 3. The van der Waals surface area contributed by atoms with Crippen molar-refractivity contribution in [3.8, 4) is 0 Å². The summed E-state index contributed by atoms with van der Waals surface area (Å²) in [6.45, 7) is 2.75. The largest absolute Gasteiger partial charge is 0.348 e. The van der Waals surface area contributed by atoms with Crippen LogP contribution in [-0.2, 0) is 9.59 Å². The molecule has 0 spiro atoms. The van der Waals surface area contributed by atoms with Gasteiger partial charge in [-0.15, -0.1) is 0 Å². The maximum absolute atomic E-state index is 11.0. The number of nitrogens with one attached hydrogen (secondary N) is 2. The summed E-state index contributed by atoms with van der Waals surface area (Å²) in [5.41, 5.74) is 1.79. The maximum atomic E-state index is 11.0. The van der Waals surface area contributed by atoms with Crippen LogP contribution in [0.2, 0.25) is 0 Å². The van der Waals surface area contributed by atoms with Gasteiger partial charge in [-0.05, 0) is 6.42 Å². The SMILES string of the molecule is CCCCCCCCCCNC(=O)C(=O)NN. The normalized spacial score (nSPS) is 10.0. The maximum Gasteiger partial charge on any atom is 0.323 e. The highest BCUT2D eigenvalue weighted by molar-refractivity contribution is 6.34. The molecule has 0 heterocycles. The zero-order valence-corrected chi connectivity index (χ0v) is 10.8. The van der Waals surface area contributed by atoms with Gasteiger partial charge in [0.05, 0.1) is 0 Å². The third-order valence-corrected chi connectivity index (χ3v) is 2.65. The first kappa shape index (κ1) is 15.9. The summed E-state index contributed by atoms with van der Waals surface area (Å²) >= 11 is 0. The lowest BCUT2D eigenvalue weighted by Gasteiger charge is -2.04. The summed E-state index contributed by atoms with van der Waals surface area (Å²) < 4.78 is 0. The highest BCUT2D eigenvalue weighted by Gasteiger charge is 2.09. The van der Waals surface area contributed by atoms with Gasteiger partial charge in [-0.25, -0.2) is 5.84 Å². The van der Waals surface area contributed by atoms with Gasteiger partial charge in [-0.3, -0.25) is 15.0 Å². The lowest BCUT2D eigenvalue weighted by atomic mass is 10.1. The second-order valence-electron chi connectivity index (χ2n) is 4.20. The van der Waals surface area contributed by atoms with Crippen LogP contribution in [0, 0.1) is 0 Å². The Morgan fingerprint density at radius 2 is 1.41 bits per heavy atom. The average Bonchev–Trinajstić information content (AvgIpc) is 2.35. The van der Waals surface area contributed by atoms with Crippen LogP contribution in [0.3, 0.4) is 0 Å². The predicted molar refractivity (Wildman–Crippen MR) is 67.9 cm³/mol. The number of nitrogens with two attached hydrogens (primary N) is 1. The van der Waals surface area contributed by atoms with Gasteiger partial charge < -0.3 is 5.32 Å². The number of carbonyl (C=O) groups is 2. The predicted octanol–water partition coefficient (Wildman–Crippen LogP) is 1.23. The van der Waals surface area contributed by atoms with E-state index in [9.17, 15) is 9.59 Å².